The monoisotopic (exact) mass is 198 g/mol. The molecular weight excluding hydrogens is 184 g/mol. The van der Waals surface area contributed by atoms with Crippen molar-refractivity contribution in [2.45, 2.75) is 13.3 Å². The van der Waals surface area contributed by atoms with Crippen molar-refractivity contribution in [1.82, 2.24) is 0 Å². The van der Waals surface area contributed by atoms with E-state index in [0.717, 1.165) is 17.6 Å². The predicted molar refractivity (Wildman–Crippen MR) is 61.8 cm³/mol. The third-order valence-corrected chi connectivity index (χ3v) is 2.73. The van der Waals surface area contributed by atoms with Gasteiger partial charge in [-0.05, 0) is 12.3 Å². The number of carbonyl (C=O) groups excluding carboxylic acids is 1. The number of ketones is 1. The molecule has 1 heteroatoms. The minimum absolute atomic E-state index is 0.160. The summed E-state index contributed by atoms with van der Waals surface area (Å²) in [7, 11) is 0. The van der Waals surface area contributed by atoms with E-state index >= 15 is 0 Å². The van der Waals surface area contributed by atoms with E-state index in [-0.39, 0.29) is 5.78 Å². The first-order chi connectivity index (χ1) is 7.29. The third kappa shape index (κ3) is 2.07. The SMILES string of the molecule is CC1CC=CC=C1C(=O)c1ccccc1. The van der Waals surface area contributed by atoms with Crippen molar-refractivity contribution in [2.24, 2.45) is 5.92 Å². The molecule has 2 rings (SSSR count). The van der Waals surface area contributed by atoms with Gasteiger partial charge in [0.25, 0.3) is 0 Å². The Bertz CT molecular complexity index is 412. The third-order valence-electron chi connectivity index (χ3n) is 2.73. The standard InChI is InChI=1S/C14H14O/c1-11-7-5-6-10-13(11)14(15)12-8-3-2-4-9-12/h2-6,8-11H,7H2,1H3. The summed E-state index contributed by atoms with van der Waals surface area (Å²) in [5.41, 5.74) is 1.70. The number of rotatable bonds is 2. The van der Waals surface area contributed by atoms with Crippen LogP contribution in [0.2, 0.25) is 0 Å². The maximum Gasteiger partial charge on any atom is 0.189 e. The van der Waals surface area contributed by atoms with Gasteiger partial charge in [-0.1, -0.05) is 55.5 Å². The van der Waals surface area contributed by atoms with Crippen molar-refractivity contribution in [2.75, 3.05) is 0 Å². The predicted octanol–water partition coefficient (Wildman–Crippen LogP) is 3.39. The Morgan fingerprint density at radius 3 is 2.67 bits per heavy atom. The fourth-order valence-electron chi connectivity index (χ4n) is 1.80. The summed E-state index contributed by atoms with van der Waals surface area (Å²) >= 11 is 0. The quantitative estimate of drug-likeness (QED) is 0.666. The summed E-state index contributed by atoms with van der Waals surface area (Å²) in [6.45, 7) is 2.09. The minimum atomic E-state index is 0.160. The molecule has 0 bridgehead atoms. The van der Waals surface area contributed by atoms with Gasteiger partial charge >= 0.3 is 0 Å². The van der Waals surface area contributed by atoms with Crippen molar-refractivity contribution < 1.29 is 4.79 Å². The zero-order valence-electron chi connectivity index (χ0n) is 8.81. The fourth-order valence-corrected chi connectivity index (χ4v) is 1.80. The number of hydrogen-bond acceptors (Lipinski definition) is 1. The van der Waals surface area contributed by atoms with E-state index in [1.807, 2.05) is 42.5 Å². The molecule has 0 spiro atoms. The summed E-state index contributed by atoms with van der Waals surface area (Å²) in [6.07, 6.45) is 6.97. The Balaban J connectivity index is 2.29. The average molecular weight is 198 g/mol. The maximum atomic E-state index is 12.1. The van der Waals surface area contributed by atoms with Gasteiger partial charge in [0, 0.05) is 11.1 Å². The largest absolute Gasteiger partial charge is 0.289 e. The van der Waals surface area contributed by atoms with Crippen molar-refractivity contribution in [3.8, 4) is 0 Å². The summed E-state index contributed by atoms with van der Waals surface area (Å²) in [4.78, 5) is 12.1. The molecule has 1 aliphatic carbocycles. The van der Waals surface area contributed by atoms with Crippen LogP contribution in [0.5, 0.6) is 0 Å². The van der Waals surface area contributed by atoms with Gasteiger partial charge in [0.2, 0.25) is 0 Å². The second-order valence-corrected chi connectivity index (χ2v) is 3.88. The molecular formula is C14H14O. The van der Waals surface area contributed by atoms with E-state index < -0.39 is 0 Å². The highest BCUT2D eigenvalue weighted by Gasteiger charge is 2.18. The smallest absolute Gasteiger partial charge is 0.189 e. The van der Waals surface area contributed by atoms with Gasteiger partial charge in [0.05, 0.1) is 0 Å². The van der Waals surface area contributed by atoms with E-state index in [4.69, 9.17) is 0 Å². The first-order valence-electron chi connectivity index (χ1n) is 5.25. The summed E-state index contributed by atoms with van der Waals surface area (Å²) in [5.74, 6) is 0.496. The van der Waals surface area contributed by atoms with Crippen molar-refractivity contribution in [1.29, 1.82) is 0 Å². The lowest BCUT2D eigenvalue weighted by atomic mass is 9.88. The minimum Gasteiger partial charge on any atom is -0.289 e. The normalized spacial score (nSPS) is 19.8. The second-order valence-electron chi connectivity index (χ2n) is 3.88. The van der Waals surface area contributed by atoms with Crippen molar-refractivity contribution >= 4 is 5.78 Å². The second kappa shape index (κ2) is 4.26. The number of benzene rings is 1. The zero-order valence-corrected chi connectivity index (χ0v) is 8.81. The lowest BCUT2D eigenvalue weighted by Crippen LogP contribution is -2.12. The average Bonchev–Trinajstić information content (AvgIpc) is 2.30. The summed E-state index contributed by atoms with van der Waals surface area (Å²) < 4.78 is 0. The van der Waals surface area contributed by atoms with Crippen LogP contribution in [-0.2, 0) is 0 Å². The van der Waals surface area contributed by atoms with Crippen molar-refractivity contribution in [3.63, 3.8) is 0 Å². The van der Waals surface area contributed by atoms with Crippen LogP contribution in [0.1, 0.15) is 23.7 Å². The van der Waals surface area contributed by atoms with Gasteiger partial charge in [-0.2, -0.15) is 0 Å². The Morgan fingerprint density at radius 1 is 1.27 bits per heavy atom. The van der Waals surface area contributed by atoms with Gasteiger partial charge < -0.3 is 0 Å². The maximum absolute atomic E-state index is 12.1. The first kappa shape index (κ1) is 9.91. The molecule has 1 unspecified atom stereocenters. The Kier molecular flexibility index (Phi) is 2.82. The lowest BCUT2D eigenvalue weighted by molar-refractivity contribution is 0.102. The molecule has 0 saturated heterocycles. The molecule has 0 saturated carbocycles. The Morgan fingerprint density at radius 2 is 2.00 bits per heavy atom. The first-order valence-corrected chi connectivity index (χ1v) is 5.25. The molecule has 1 aliphatic rings. The Hall–Kier alpha value is -1.63. The van der Waals surface area contributed by atoms with Crippen LogP contribution < -0.4 is 0 Å². The molecule has 0 fully saturated rings. The summed E-state index contributed by atoms with van der Waals surface area (Å²) in [5, 5.41) is 0. The van der Waals surface area contributed by atoms with E-state index in [9.17, 15) is 4.79 Å². The van der Waals surface area contributed by atoms with E-state index in [1.54, 1.807) is 0 Å². The molecule has 0 aromatic heterocycles. The van der Waals surface area contributed by atoms with E-state index in [2.05, 4.69) is 13.0 Å². The van der Waals surface area contributed by atoms with E-state index in [0.29, 0.717) is 5.92 Å². The van der Waals surface area contributed by atoms with Crippen LogP contribution in [0.4, 0.5) is 0 Å². The lowest BCUT2D eigenvalue weighted by Gasteiger charge is -2.15. The van der Waals surface area contributed by atoms with Gasteiger partial charge in [-0.3, -0.25) is 4.79 Å². The number of carbonyl (C=O) groups is 1. The van der Waals surface area contributed by atoms with Crippen LogP contribution in [0.3, 0.4) is 0 Å². The van der Waals surface area contributed by atoms with Crippen LogP contribution >= 0.6 is 0 Å². The molecule has 1 aromatic rings. The van der Waals surface area contributed by atoms with Crippen LogP contribution in [0.25, 0.3) is 0 Å². The molecule has 76 valence electrons. The van der Waals surface area contributed by atoms with Gasteiger partial charge in [0.15, 0.2) is 5.78 Å². The zero-order chi connectivity index (χ0) is 10.7. The Labute approximate surface area is 90.1 Å². The fraction of sp³-hybridized carbons (Fsp3) is 0.214. The molecule has 0 amide bonds. The highest BCUT2D eigenvalue weighted by Crippen LogP contribution is 2.23. The molecule has 0 heterocycles. The molecule has 0 aliphatic heterocycles. The van der Waals surface area contributed by atoms with Crippen LogP contribution in [0.15, 0.2) is 54.1 Å². The van der Waals surface area contributed by atoms with Crippen molar-refractivity contribution in [3.05, 3.63) is 59.7 Å². The molecule has 1 aromatic carbocycles. The van der Waals surface area contributed by atoms with Gasteiger partial charge in [-0.15, -0.1) is 0 Å². The molecule has 0 N–H and O–H groups in total. The molecule has 0 radical (unpaired) electrons. The number of Topliss-reactive ketones (excluding diaryl/α,β-unsaturated/α-hetero) is 1. The molecule has 1 atom stereocenters. The molecule has 1 nitrogen and oxygen atoms in total. The van der Waals surface area contributed by atoms with Gasteiger partial charge in [-0.25, -0.2) is 0 Å². The van der Waals surface area contributed by atoms with Gasteiger partial charge in [0.1, 0.15) is 0 Å². The highest BCUT2D eigenvalue weighted by molar-refractivity contribution is 6.09. The van der Waals surface area contributed by atoms with Crippen LogP contribution in [-0.4, -0.2) is 5.78 Å². The topological polar surface area (TPSA) is 17.1 Å². The summed E-state index contributed by atoms with van der Waals surface area (Å²) in [6, 6.07) is 9.46. The number of allylic oxidation sites excluding steroid dienone is 4. The number of hydrogen-bond donors (Lipinski definition) is 0. The van der Waals surface area contributed by atoms with E-state index in [1.165, 1.54) is 0 Å². The molecule has 15 heavy (non-hydrogen) atoms. The van der Waals surface area contributed by atoms with Crippen LogP contribution in [0, 0.1) is 5.92 Å². The highest BCUT2D eigenvalue weighted by atomic mass is 16.1.